The lowest BCUT2D eigenvalue weighted by molar-refractivity contribution is -0.149. The molecular weight excluding hydrogens is 499 g/mol. The number of esters is 1. The van der Waals surface area contributed by atoms with Gasteiger partial charge in [-0.25, -0.2) is 4.57 Å². The maximum Gasteiger partial charge on any atom is 0.459 e. The van der Waals surface area contributed by atoms with E-state index < -0.39 is 48.5 Å². The molecular formula is C22H29N2O9PS. The maximum atomic E-state index is 13.6. The second kappa shape index (κ2) is 11.7. The van der Waals surface area contributed by atoms with Crippen LogP contribution in [-0.4, -0.2) is 74.4 Å². The molecule has 13 heteroatoms. The molecule has 0 spiro atoms. The minimum absolute atomic E-state index is 0.221. The number of hydrogen-bond acceptors (Lipinski definition) is 10. The van der Waals surface area contributed by atoms with E-state index in [1.54, 1.807) is 44.2 Å². The summed E-state index contributed by atoms with van der Waals surface area (Å²) in [6.07, 6.45) is -0.861. The summed E-state index contributed by atoms with van der Waals surface area (Å²) in [6, 6.07) is 7.15. The Morgan fingerprint density at radius 2 is 1.89 bits per heavy atom. The average Bonchev–Trinajstić information content (AvgIpc) is 3.06. The van der Waals surface area contributed by atoms with Crippen molar-refractivity contribution >= 4 is 37.2 Å². The van der Waals surface area contributed by atoms with E-state index in [2.05, 4.69) is 5.09 Å². The first-order valence-corrected chi connectivity index (χ1v) is 13.5. The van der Waals surface area contributed by atoms with E-state index in [4.69, 9.17) is 13.8 Å². The van der Waals surface area contributed by atoms with Crippen molar-refractivity contribution in [2.45, 2.75) is 62.2 Å². The Morgan fingerprint density at radius 3 is 2.51 bits per heavy atom. The average molecular weight is 529 g/mol. The number of nitrogens with one attached hydrogen (secondary N) is 1. The highest BCUT2D eigenvalue weighted by Crippen LogP contribution is 2.47. The molecule has 2 aliphatic heterocycles. The van der Waals surface area contributed by atoms with E-state index in [0.29, 0.717) is 0 Å². The van der Waals surface area contributed by atoms with Gasteiger partial charge < -0.3 is 24.4 Å². The number of aliphatic hydroxyl groups is 2. The van der Waals surface area contributed by atoms with Gasteiger partial charge in [0.25, 0.3) is 0 Å². The highest BCUT2D eigenvalue weighted by molar-refractivity contribution is 8.00. The fourth-order valence-electron chi connectivity index (χ4n) is 3.38. The van der Waals surface area contributed by atoms with Gasteiger partial charge in [-0.05, 0) is 39.0 Å². The van der Waals surface area contributed by atoms with Crippen molar-refractivity contribution in [2.75, 3.05) is 6.61 Å². The second-order valence-corrected chi connectivity index (χ2v) is 11.4. The molecule has 1 unspecified atom stereocenters. The monoisotopic (exact) mass is 528 g/mol. The molecule has 1 amide bonds. The van der Waals surface area contributed by atoms with Gasteiger partial charge in [0.2, 0.25) is 5.91 Å². The highest BCUT2D eigenvalue weighted by atomic mass is 32.2. The number of rotatable bonds is 10. The van der Waals surface area contributed by atoms with Gasteiger partial charge in [0.05, 0.1) is 30.5 Å². The Balaban J connectivity index is 1.72. The van der Waals surface area contributed by atoms with Crippen LogP contribution in [0.4, 0.5) is 0 Å². The van der Waals surface area contributed by atoms with E-state index in [1.807, 2.05) is 0 Å². The number of benzene rings is 1. The normalized spacial score (nSPS) is 27.1. The summed E-state index contributed by atoms with van der Waals surface area (Å²) >= 11 is 1.04. The number of ether oxygens (including phenoxy) is 1. The summed E-state index contributed by atoms with van der Waals surface area (Å²) in [5, 5.41) is 22.0. The van der Waals surface area contributed by atoms with Crippen molar-refractivity contribution in [3.63, 3.8) is 0 Å². The molecule has 0 aromatic heterocycles. The number of hydrogen-bond donors (Lipinski definition) is 3. The van der Waals surface area contributed by atoms with E-state index in [1.165, 1.54) is 24.1 Å². The quantitative estimate of drug-likeness (QED) is 0.231. The Bertz CT molecular complexity index is 1010. The molecule has 1 aromatic carbocycles. The van der Waals surface area contributed by atoms with Crippen molar-refractivity contribution in [3.05, 3.63) is 42.6 Å². The summed E-state index contributed by atoms with van der Waals surface area (Å²) in [6.45, 7) is 4.47. The number of allylic oxidation sites excluding steroid dienone is 1. The van der Waals surface area contributed by atoms with E-state index in [0.717, 1.165) is 11.8 Å². The van der Waals surface area contributed by atoms with Crippen LogP contribution in [0.2, 0.25) is 0 Å². The maximum absolute atomic E-state index is 13.6. The number of aliphatic hydroxyl groups excluding tert-OH is 2. The first-order chi connectivity index (χ1) is 16.5. The summed E-state index contributed by atoms with van der Waals surface area (Å²) in [5.74, 6) is -1.28. The van der Waals surface area contributed by atoms with Gasteiger partial charge in [-0.3, -0.25) is 18.9 Å². The van der Waals surface area contributed by atoms with Crippen LogP contribution in [0, 0.1) is 0 Å². The number of carbonyl (C=O) groups excluding carboxylic acids is 3. The number of ketones is 1. The van der Waals surface area contributed by atoms with Gasteiger partial charge >= 0.3 is 13.7 Å². The third kappa shape index (κ3) is 7.16. The SMILES string of the molecule is CC(C)OC(=O)[C@@H](C)NP(=O)(OC[C@H]1S[C@@H](N2C=CC(=O)CC2=O)[C@H](O)[C@@H]1O)Oc1ccccc1. The van der Waals surface area contributed by atoms with Gasteiger partial charge in [0.1, 0.15) is 23.3 Å². The van der Waals surface area contributed by atoms with Crippen LogP contribution in [0.25, 0.3) is 0 Å². The third-order valence-electron chi connectivity index (χ3n) is 5.08. The molecule has 0 aliphatic carbocycles. The molecule has 1 fully saturated rings. The topological polar surface area (TPSA) is 152 Å². The summed E-state index contributed by atoms with van der Waals surface area (Å²) in [5.41, 5.74) is 0. The van der Waals surface area contributed by atoms with Crippen molar-refractivity contribution in [2.24, 2.45) is 0 Å². The lowest BCUT2D eigenvalue weighted by Crippen LogP contribution is -2.44. The van der Waals surface area contributed by atoms with Crippen LogP contribution in [0.15, 0.2) is 42.6 Å². The molecule has 1 aromatic rings. The fraction of sp³-hybridized carbons (Fsp3) is 0.500. The standard InChI is InChI=1S/C22H29N2O9PS/c1-13(2)32-22(29)14(3)23-34(30,33-16-7-5-4-6-8-16)31-12-17-19(27)20(28)21(35-17)24-10-9-15(25)11-18(24)26/h4-10,13-14,17,19-21,27-28H,11-12H2,1-3H3,(H,23,30)/t14-,17-,19-,20-,21-,34?/m1/s1. The van der Waals surface area contributed by atoms with Crippen LogP contribution >= 0.6 is 19.5 Å². The predicted octanol–water partition coefficient (Wildman–Crippen LogP) is 1.60. The predicted molar refractivity (Wildman–Crippen MR) is 127 cm³/mol. The smallest absolute Gasteiger partial charge is 0.459 e. The molecule has 1 saturated heterocycles. The zero-order valence-corrected chi connectivity index (χ0v) is 21.2. The molecule has 35 heavy (non-hydrogen) atoms. The minimum atomic E-state index is -4.16. The van der Waals surface area contributed by atoms with Crippen molar-refractivity contribution < 1.29 is 42.9 Å². The van der Waals surface area contributed by atoms with Gasteiger partial charge in [-0.15, -0.1) is 11.8 Å². The summed E-state index contributed by atoms with van der Waals surface area (Å²) < 4.78 is 29.9. The molecule has 2 aliphatic rings. The largest absolute Gasteiger partial charge is 0.462 e. The highest BCUT2D eigenvalue weighted by Gasteiger charge is 2.47. The first-order valence-electron chi connectivity index (χ1n) is 11.0. The molecule has 0 radical (unpaired) electrons. The molecule has 192 valence electrons. The van der Waals surface area contributed by atoms with Crippen molar-refractivity contribution in [1.82, 2.24) is 9.99 Å². The van der Waals surface area contributed by atoms with E-state index >= 15 is 0 Å². The first kappa shape index (κ1) is 27.4. The Labute approximate surface area is 207 Å². The number of amides is 1. The van der Waals surface area contributed by atoms with Crippen LogP contribution in [0.5, 0.6) is 5.75 Å². The fourth-order valence-corrected chi connectivity index (χ4v) is 6.46. The van der Waals surface area contributed by atoms with Crippen LogP contribution in [0.1, 0.15) is 27.2 Å². The number of carbonyl (C=O) groups is 3. The van der Waals surface area contributed by atoms with Crippen LogP contribution < -0.4 is 9.61 Å². The van der Waals surface area contributed by atoms with Gasteiger partial charge in [-0.2, -0.15) is 5.09 Å². The molecule has 3 N–H and O–H groups in total. The van der Waals surface area contributed by atoms with Gasteiger partial charge in [0.15, 0.2) is 5.78 Å². The summed E-state index contributed by atoms with van der Waals surface area (Å²) in [7, 11) is -4.16. The molecule has 3 rings (SSSR count). The second-order valence-electron chi connectivity index (χ2n) is 8.34. The zero-order valence-electron chi connectivity index (χ0n) is 19.5. The lowest BCUT2D eigenvalue weighted by atomic mass is 10.1. The van der Waals surface area contributed by atoms with Crippen molar-refractivity contribution in [1.29, 1.82) is 0 Å². The Morgan fingerprint density at radius 1 is 1.20 bits per heavy atom. The number of thioether (sulfide) groups is 1. The molecule has 0 bridgehead atoms. The molecule has 11 nitrogen and oxygen atoms in total. The van der Waals surface area contributed by atoms with E-state index in [9.17, 15) is 29.2 Å². The number of nitrogens with zero attached hydrogens (tertiary/aromatic N) is 1. The van der Waals surface area contributed by atoms with Crippen molar-refractivity contribution in [3.8, 4) is 5.75 Å². The third-order valence-corrected chi connectivity index (χ3v) is 8.27. The lowest BCUT2D eigenvalue weighted by Gasteiger charge is -2.29. The van der Waals surface area contributed by atoms with Gasteiger partial charge in [-0.1, -0.05) is 18.2 Å². The zero-order chi connectivity index (χ0) is 25.8. The van der Waals surface area contributed by atoms with Gasteiger partial charge in [0, 0.05) is 6.20 Å². The molecule has 6 atom stereocenters. The Kier molecular flexibility index (Phi) is 9.14. The molecule has 2 heterocycles. The van der Waals surface area contributed by atoms with Crippen LogP contribution in [0.3, 0.4) is 0 Å². The minimum Gasteiger partial charge on any atom is -0.462 e. The summed E-state index contributed by atoms with van der Waals surface area (Å²) in [4.78, 5) is 37.1. The molecule has 0 saturated carbocycles. The Hall–Kier alpha value is -2.21. The van der Waals surface area contributed by atoms with Crippen LogP contribution in [-0.2, 0) is 28.2 Å². The number of para-hydroxylation sites is 1. The van der Waals surface area contributed by atoms with E-state index in [-0.39, 0.29) is 30.7 Å².